The smallest absolute Gasteiger partial charge is 0.167 e. The molecule has 1 heterocycles. The molecule has 0 aliphatic heterocycles. The number of aromatic hydroxyl groups is 1. The molecule has 4 N–H and O–H groups in total. The Kier molecular flexibility index (Phi) is 2.74. The fraction of sp³-hybridized carbons (Fsp3) is 0.100. The van der Waals surface area contributed by atoms with Gasteiger partial charge >= 0.3 is 0 Å². The third-order valence-corrected chi connectivity index (χ3v) is 2.91. The van der Waals surface area contributed by atoms with E-state index < -0.39 is 0 Å². The maximum absolute atomic E-state index is 10.0. The molecule has 1 aromatic carbocycles. The van der Waals surface area contributed by atoms with Gasteiger partial charge in [-0.05, 0) is 12.1 Å². The van der Waals surface area contributed by atoms with Gasteiger partial charge in [-0.15, -0.1) is 0 Å². The van der Waals surface area contributed by atoms with Crippen LogP contribution in [0.5, 0.6) is 11.5 Å². The number of H-pyrrole nitrogens is 1. The van der Waals surface area contributed by atoms with Gasteiger partial charge in [-0.3, -0.25) is 5.10 Å². The molecule has 2 rings (SSSR count). The largest absolute Gasteiger partial charge is 0.504 e. The number of hydrogen-bond acceptors (Lipinski definition) is 4. The monoisotopic (exact) mass is 283 g/mol. The second kappa shape index (κ2) is 4.05. The Morgan fingerprint density at radius 2 is 2.25 bits per heavy atom. The lowest BCUT2D eigenvalue weighted by molar-refractivity contribution is 0.374. The number of methoxy groups -OCH3 is 1. The second-order valence-electron chi connectivity index (χ2n) is 3.17. The number of phenolic OH excluding ortho intramolecular Hbond substituents is 1. The molecule has 0 fully saturated rings. The van der Waals surface area contributed by atoms with Crippen LogP contribution in [0, 0.1) is 0 Å². The lowest BCUT2D eigenvalue weighted by atomic mass is 10.1. The number of nitrogens with one attached hydrogen (secondary N) is 1. The Morgan fingerprint density at radius 1 is 1.50 bits per heavy atom. The Balaban J connectivity index is 2.69. The number of anilines is 1. The topological polar surface area (TPSA) is 84.2 Å². The number of hydrogen-bond donors (Lipinski definition) is 3. The van der Waals surface area contributed by atoms with Crippen molar-refractivity contribution in [1.82, 2.24) is 10.2 Å². The van der Waals surface area contributed by atoms with E-state index in [4.69, 9.17) is 10.5 Å². The predicted molar refractivity (Wildman–Crippen MR) is 64.4 cm³/mol. The number of aromatic amines is 1. The molecule has 0 aliphatic rings. The first-order valence-corrected chi connectivity index (χ1v) is 5.29. The lowest BCUT2D eigenvalue weighted by Gasteiger charge is -2.10. The predicted octanol–water partition coefficient (Wildman–Crippen LogP) is 2.14. The van der Waals surface area contributed by atoms with Crippen LogP contribution in [0.3, 0.4) is 0 Å². The van der Waals surface area contributed by atoms with Gasteiger partial charge in [-0.2, -0.15) is 5.10 Å². The average molecular weight is 284 g/mol. The standard InChI is InChI=1S/C10H10BrN3O2/c1-16-7-3-2-6(11)8(9(7)15)5-4-13-14-10(5)12/h2-4,15H,1H3,(H3,12,13,14). The molecule has 0 saturated carbocycles. The molecule has 2 aromatic rings. The number of nitrogen functional groups attached to an aromatic ring is 1. The van der Waals surface area contributed by atoms with Crippen LogP contribution in [0.2, 0.25) is 0 Å². The number of nitrogens with zero attached hydrogens (tertiary/aromatic N) is 1. The summed E-state index contributed by atoms with van der Waals surface area (Å²) >= 11 is 3.35. The van der Waals surface area contributed by atoms with Gasteiger partial charge in [0, 0.05) is 15.6 Å². The number of benzene rings is 1. The van der Waals surface area contributed by atoms with E-state index in [0.717, 1.165) is 4.47 Å². The number of halogens is 1. The normalized spacial score (nSPS) is 10.4. The third kappa shape index (κ3) is 1.61. The molecule has 0 spiro atoms. The first kappa shape index (κ1) is 10.8. The molecule has 0 unspecified atom stereocenters. The van der Waals surface area contributed by atoms with Crippen LogP contribution in [-0.4, -0.2) is 22.4 Å². The van der Waals surface area contributed by atoms with Gasteiger partial charge in [0.1, 0.15) is 5.82 Å². The number of phenols is 1. The van der Waals surface area contributed by atoms with Crippen molar-refractivity contribution in [1.29, 1.82) is 0 Å². The van der Waals surface area contributed by atoms with E-state index >= 15 is 0 Å². The highest BCUT2D eigenvalue weighted by molar-refractivity contribution is 9.10. The molecular formula is C10H10BrN3O2. The molecule has 6 heteroatoms. The van der Waals surface area contributed by atoms with E-state index in [1.54, 1.807) is 18.3 Å². The van der Waals surface area contributed by atoms with Crippen LogP contribution < -0.4 is 10.5 Å². The Labute approximate surface area is 100 Å². The minimum Gasteiger partial charge on any atom is -0.504 e. The zero-order valence-electron chi connectivity index (χ0n) is 8.49. The summed E-state index contributed by atoms with van der Waals surface area (Å²) in [5.74, 6) is 0.813. The van der Waals surface area contributed by atoms with Crippen LogP contribution in [0.15, 0.2) is 22.8 Å². The van der Waals surface area contributed by atoms with E-state index in [1.165, 1.54) is 7.11 Å². The van der Waals surface area contributed by atoms with Crippen LogP contribution in [0.4, 0.5) is 5.82 Å². The van der Waals surface area contributed by atoms with E-state index in [-0.39, 0.29) is 5.75 Å². The Morgan fingerprint density at radius 3 is 2.81 bits per heavy atom. The molecule has 0 radical (unpaired) electrons. The number of aromatic nitrogens is 2. The van der Waals surface area contributed by atoms with Crippen molar-refractivity contribution in [2.45, 2.75) is 0 Å². The van der Waals surface area contributed by atoms with E-state index in [2.05, 4.69) is 26.1 Å². The maximum atomic E-state index is 10.0. The summed E-state index contributed by atoms with van der Waals surface area (Å²) in [4.78, 5) is 0. The first-order valence-electron chi connectivity index (χ1n) is 4.49. The molecule has 0 bridgehead atoms. The fourth-order valence-corrected chi connectivity index (χ4v) is 2.00. The zero-order valence-corrected chi connectivity index (χ0v) is 10.1. The van der Waals surface area contributed by atoms with Crippen molar-refractivity contribution in [2.75, 3.05) is 12.8 Å². The van der Waals surface area contributed by atoms with Crippen molar-refractivity contribution >= 4 is 21.7 Å². The summed E-state index contributed by atoms with van der Waals surface area (Å²) in [6.45, 7) is 0. The quantitative estimate of drug-likeness (QED) is 0.788. The van der Waals surface area contributed by atoms with Gasteiger partial charge < -0.3 is 15.6 Å². The van der Waals surface area contributed by atoms with Crippen molar-refractivity contribution in [2.24, 2.45) is 0 Å². The second-order valence-corrected chi connectivity index (χ2v) is 4.02. The summed E-state index contributed by atoms with van der Waals surface area (Å²) < 4.78 is 5.76. The fourth-order valence-electron chi connectivity index (χ4n) is 1.46. The molecule has 1 aromatic heterocycles. The van der Waals surface area contributed by atoms with Gasteiger partial charge in [0.25, 0.3) is 0 Å². The van der Waals surface area contributed by atoms with E-state index in [0.29, 0.717) is 22.7 Å². The molecule has 0 aliphatic carbocycles. The van der Waals surface area contributed by atoms with Crippen LogP contribution in [0.1, 0.15) is 0 Å². The molecule has 5 nitrogen and oxygen atoms in total. The third-order valence-electron chi connectivity index (χ3n) is 2.25. The van der Waals surface area contributed by atoms with Crippen LogP contribution in [0.25, 0.3) is 11.1 Å². The van der Waals surface area contributed by atoms with Gasteiger partial charge in [0.2, 0.25) is 0 Å². The van der Waals surface area contributed by atoms with Gasteiger partial charge in [0.15, 0.2) is 11.5 Å². The first-order chi connectivity index (χ1) is 7.65. The SMILES string of the molecule is COc1ccc(Br)c(-c2cn[nH]c2N)c1O. The summed E-state index contributed by atoms with van der Waals surface area (Å²) in [6, 6.07) is 3.44. The highest BCUT2D eigenvalue weighted by Gasteiger charge is 2.16. The molecule has 0 atom stereocenters. The summed E-state index contributed by atoms with van der Waals surface area (Å²) in [6.07, 6.45) is 1.55. The van der Waals surface area contributed by atoms with Crippen molar-refractivity contribution < 1.29 is 9.84 Å². The van der Waals surface area contributed by atoms with Crippen molar-refractivity contribution in [3.05, 3.63) is 22.8 Å². The summed E-state index contributed by atoms with van der Waals surface area (Å²) in [7, 11) is 1.49. The van der Waals surface area contributed by atoms with Gasteiger partial charge in [0.05, 0.1) is 13.3 Å². The molecule has 0 amide bonds. The average Bonchev–Trinajstić information content (AvgIpc) is 2.66. The van der Waals surface area contributed by atoms with Crippen molar-refractivity contribution in [3.8, 4) is 22.6 Å². The van der Waals surface area contributed by atoms with Crippen LogP contribution in [-0.2, 0) is 0 Å². The molecule has 16 heavy (non-hydrogen) atoms. The Bertz CT molecular complexity index is 525. The van der Waals surface area contributed by atoms with E-state index in [1.807, 2.05) is 0 Å². The van der Waals surface area contributed by atoms with Crippen LogP contribution >= 0.6 is 15.9 Å². The highest BCUT2D eigenvalue weighted by atomic mass is 79.9. The molecule has 0 saturated heterocycles. The van der Waals surface area contributed by atoms with Gasteiger partial charge in [-0.25, -0.2) is 0 Å². The van der Waals surface area contributed by atoms with E-state index in [9.17, 15) is 5.11 Å². The lowest BCUT2D eigenvalue weighted by Crippen LogP contribution is -1.91. The number of rotatable bonds is 2. The number of nitrogens with two attached hydrogens (primary N) is 1. The van der Waals surface area contributed by atoms with Crippen molar-refractivity contribution in [3.63, 3.8) is 0 Å². The Hall–Kier alpha value is -1.69. The summed E-state index contributed by atoms with van der Waals surface area (Å²) in [5.41, 5.74) is 6.90. The minimum absolute atomic E-state index is 0.0324. The van der Waals surface area contributed by atoms with Gasteiger partial charge in [-0.1, -0.05) is 15.9 Å². The zero-order chi connectivity index (χ0) is 11.7. The highest BCUT2D eigenvalue weighted by Crippen LogP contribution is 2.43. The molecule has 84 valence electrons. The molecular weight excluding hydrogens is 274 g/mol. The number of ether oxygens (including phenoxy) is 1. The minimum atomic E-state index is 0.0324. The maximum Gasteiger partial charge on any atom is 0.167 e. The summed E-state index contributed by atoms with van der Waals surface area (Å²) in [5, 5.41) is 16.4.